The van der Waals surface area contributed by atoms with Crippen LogP contribution < -0.4 is 22.1 Å². The van der Waals surface area contributed by atoms with E-state index in [2.05, 4.69) is 35.9 Å². The van der Waals surface area contributed by atoms with Gasteiger partial charge in [-0.1, -0.05) is 0 Å². The standard InChI is InChI=1S/C16H27N5O6S2/c17-8(3-4-12(18)22)15(25)21-5-1-2-11(21)14(24)19-9(6-28)13(23)20-10(7-29)16(26)27/h8-11,28-29H,1-7,17H2,(H2,18,22)(H,19,24)(H,20,23)(H,26,27). The number of carbonyl (C=O) groups is 5. The molecule has 1 fully saturated rings. The van der Waals surface area contributed by atoms with Crippen LogP contribution in [0.5, 0.6) is 0 Å². The SMILES string of the molecule is NC(=O)CCC(N)C(=O)N1CCCC1C(=O)NC(CS)C(=O)NC(CS)C(=O)O. The fraction of sp³-hybridized carbons (Fsp3) is 0.688. The summed E-state index contributed by atoms with van der Waals surface area (Å²) < 4.78 is 0. The largest absolute Gasteiger partial charge is 0.480 e. The van der Waals surface area contributed by atoms with Crippen molar-refractivity contribution in [2.45, 2.75) is 49.9 Å². The molecule has 4 unspecified atom stereocenters. The second kappa shape index (κ2) is 11.9. The van der Waals surface area contributed by atoms with E-state index in [9.17, 15) is 24.0 Å². The van der Waals surface area contributed by atoms with Crippen LogP contribution in [0.3, 0.4) is 0 Å². The Morgan fingerprint density at radius 3 is 2.24 bits per heavy atom. The first-order valence-corrected chi connectivity index (χ1v) is 10.3. The molecule has 7 N–H and O–H groups in total. The van der Waals surface area contributed by atoms with E-state index in [0.717, 1.165) is 0 Å². The summed E-state index contributed by atoms with van der Waals surface area (Å²) >= 11 is 7.90. The van der Waals surface area contributed by atoms with E-state index in [1.807, 2.05) is 0 Å². The molecular weight excluding hydrogens is 422 g/mol. The van der Waals surface area contributed by atoms with Gasteiger partial charge in [-0.2, -0.15) is 25.3 Å². The average Bonchev–Trinajstić information content (AvgIpc) is 3.16. The van der Waals surface area contributed by atoms with Crippen LogP contribution in [0.1, 0.15) is 25.7 Å². The molecular formula is C16H27N5O6S2. The number of carboxylic acids is 1. The first kappa shape index (κ1) is 25.0. The molecule has 0 aromatic carbocycles. The molecule has 0 bridgehead atoms. The fourth-order valence-electron chi connectivity index (χ4n) is 2.86. The van der Waals surface area contributed by atoms with Crippen molar-refractivity contribution in [1.29, 1.82) is 0 Å². The van der Waals surface area contributed by atoms with Crippen molar-refractivity contribution in [2.75, 3.05) is 18.1 Å². The molecule has 164 valence electrons. The number of carboxylic acid groups (broad SMARTS) is 1. The summed E-state index contributed by atoms with van der Waals surface area (Å²) in [5, 5.41) is 13.8. The van der Waals surface area contributed by atoms with Crippen LogP contribution >= 0.6 is 25.3 Å². The third kappa shape index (κ3) is 7.40. The summed E-state index contributed by atoms with van der Waals surface area (Å²) in [6.07, 6.45) is 0.983. The Kier molecular flexibility index (Phi) is 10.3. The number of nitrogens with zero attached hydrogens (tertiary/aromatic N) is 1. The van der Waals surface area contributed by atoms with Crippen molar-refractivity contribution in [2.24, 2.45) is 11.5 Å². The minimum Gasteiger partial charge on any atom is -0.480 e. The van der Waals surface area contributed by atoms with Crippen molar-refractivity contribution >= 4 is 54.9 Å². The van der Waals surface area contributed by atoms with Crippen molar-refractivity contribution in [3.05, 3.63) is 0 Å². The molecule has 0 aliphatic carbocycles. The zero-order chi connectivity index (χ0) is 22.1. The predicted octanol–water partition coefficient (Wildman–Crippen LogP) is -2.52. The number of carbonyl (C=O) groups excluding carboxylic acids is 4. The Morgan fingerprint density at radius 1 is 1.10 bits per heavy atom. The second-order valence-corrected chi connectivity index (χ2v) is 7.36. The number of hydrogen-bond donors (Lipinski definition) is 7. The minimum atomic E-state index is -1.25. The molecule has 1 aliphatic heterocycles. The number of likely N-dealkylation sites (tertiary alicyclic amines) is 1. The Morgan fingerprint density at radius 2 is 1.72 bits per heavy atom. The normalized spacial score (nSPS) is 19.1. The number of hydrogen-bond acceptors (Lipinski definition) is 8. The van der Waals surface area contributed by atoms with Gasteiger partial charge >= 0.3 is 5.97 Å². The quantitative estimate of drug-likeness (QED) is 0.170. The van der Waals surface area contributed by atoms with E-state index in [-0.39, 0.29) is 24.3 Å². The number of aliphatic carboxylic acids is 1. The monoisotopic (exact) mass is 449 g/mol. The molecule has 0 aromatic heterocycles. The van der Waals surface area contributed by atoms with Gasteiger partial charge in [0.2, 0.25) is 23.6 Å². The maximum absolute atomic E-state index is 12.6. The lowest BCUT2D eigenvalue weighted by atomic mass is 10.1. The third-order valence-corrected chi connectivity index (χ3v) is 5.20. The predicted molar refractivity (Wildman–Crippen MR) is 110 cm³/mol. The van der Waals surface area contributed by atoms with E-state index in [0.29, 0.717) is 19.4 Å². The number of nitrogens with two attached hydrogens (primary N) is 2. The highest BCUT2D eigenvalue weighted by atomic mass is 32.1. The summed E-state index contributed by atoms with van der Waals surface area (Å²) in [6, 6.07) is -4.09. The van der Waals surface area contributed by atoms with Crippen LogP contribution in [-0.4, -0.2) is 81.8 Å². The fourth-order valence-corrected chi connectivity index (χ4v) is 3.36. The third-order valence-electron chi connectivity index (χ3n) is 4.47. The van der Waals surface area contributed by atoms with Gasteiger partial charge in [0.25, 0.3) is 0 Å². The van der Waals surface area contributed by atoms with Gasteiger partial charge < -0.3 is 32.1 Å². The summed E-state index contributed by atoms with van der Waals surface area (Å²) in [5.41, 5.74) is 10.9. The molecule has 4 atom stereocenters. The van der Waals surface area contributed by atoms with Crippen molar-refractivity contribution in [3.63, 3.8) is 0 Å². The van der Waals surface area contributed by atoms with Crippen molar-refractivity contribution in [3.8, 4) is 0 Å². The number of amides is 4. The first-order chi connectivity index (χ1) is 13.6. The molecule has 13 heteroatoms. The lowest BCUT2D eigenvalue weighted by Crippen LogP contribution is -2.57. The van der Waals surface area contributed by atoms with Gasteiger partial charge in [0.05, 0.1) is 6.04 Å². The summed E-state index contributed by atoms with van der Waals surface area (Å²) in [7, 11) is 0. The summed E-state index contributed by atoms with van der Waals surface area (Å²) in [6.45, 7) is 0.319. The molecule has 0 saturated carbocycles. The zero-order valence-electron chi connectivity index (χ0n) is 15.7. The number of nitrogens with one attached hydrogen (secondary N) is 2. The van der Waals surface area contributed by atoms with Crippen LogP contribution in [0.2, 0.25) is 0 Å². The lowest BCUT2D eigenvalue weighted by Gasteiger charge is -2.28. The average molecular weight is 450 g/mol. The van der Waals surface area contributed by atoms with E-state index in [1.165, 1.54) is 4.90 Å². The van der Waals surface area contributed by atoms with Crippen LogP contribution in [0.4, 0.5) is 0 Å². The molecule has 0 aromatic rings. The molecule has 11 nitrogen and oxygen atoms in total. The van der Waals surface area contributed by atoms with Crippen LogP contribution in [-0.2, 0) is 24.0 Å². The molecule has 4 amide bonds. The minimum absolute atomic E-state index is 0.0462. The molecule has 1 heterocycles. The molecule has 1 rings (SSSR count). The molecule has 1 aliphatic rings. The highest BCUT2D eigenvalue weighted by Gasteiger charge is 2.37. The van der Waals surface area contributed by atoms with E-state index >= 15 is 0 Å². The Bertz CT molecular complexity index is 649. The van der Waals surface area contributed by atoms with E-state index < -0.39 is 53.8 Å². The number of thiol groups is 2. The van der Waals surface area contributed by atoms with Crippen LogP contribution in [0.25, 0.3) is 0 Å². The van der Waals surface area contributed by atoms with Gasteiger partial charge in [0.1, 0.15) is 18.1 Å². The highest BCUT2D eigenvalue weighted by Crippen LogP contribution is 2.19. The Balaban J connectivity index is 2.74. The van der Waals surface area contributed by atoms with Gasteiger partial charge in [-0.25, -0.2) is 4.79 Å². The number of primary amides is 1. The van der Waals surface area contributed by atoms with E-state index in [1.54, 1.807) is 0 Å². The first-order valence-electron chi connectivity index (χ1n) is 9.02. The van der Waals surface area contributed by atoms with Crippen LogP contribution in [0, 0.1) is 0 Å². The Hall–Kier alpha value is -1.99. The number of rotatable bonds is 11. The van der Waals surface area contributed by atoms with Crippen LogP contribution in [0.15, 0.2) is 0 Å². The van der Waals surface area contributed by atoms with Crippen molar-refractivity contribution in [1.82, 2.24) is 15.5 Å². The van der Waals surface area contributed by atoms with Gasteiger partial charge in [-0.15, -0.1) is 0 Å². The Labute approximate surface area is 179 Å². The van der Waals surface area contributed by atoms with Gasteiger partial charge in [-0.3, -0.25) is 19.2 Å². The lowest BCUT2D eigenvalue weighted by molar-refractivity contribution is -0.142. The topological polar surface area (TPSA) is 185 Å². The molecule has 29 heavy (non-hydrogen) atoms. The molecule has 0 spiro atoms. The van der Waals surface area contributed by atoms with Gasteiger partial charge in [0.15, 0.2) is 0 Å². The smallest absolute Gasteiger partial charge is 0.327 e. The summed E-state index contributed by atoms with van der Waals surface area (Å²) in [4.78, 5) is 60.6. The summed E-state index contributed by atoms with van der Waals surface area (Å²) in [5.74, 6) is -3.79. The maximum Gasteiger partial charge on any atom is 0.327 e. The van der Waals surface area contributed by atoms with Crippen molar-refractivity contribution < 1.29 is 29.1 Å². The maximum atomic E-state index is 12.6. The zero-order valence-corrected chi connectivity index (χ0v) is 17.5. The molecule has 0 radical (unpaired) electrons. The second-order valence-electron chi connectivity index (χ2n) is 6.63. The van der Waals surface area contributed by atoms with Gasteiger partial charge in [-0.05, 0) is 19.3 Å². The molecule has 1 saturated heterocycles. The van der Waals surface area contributed by atoms with E-state index in [4.69, 9.17) is 16.6 Å². The highest BCUT2D eigenvalue weighted by molar-refractivity contribution is 7.80. The van der Waals surface area contributed by atoms with Gasteiger partial charge in [0, 0.05) is 24.5 Å².